The number of rotatable bonds is 5. The Morgan fingerprint density at radius 2 is 2.16 bits per heavy atom. The molecule has 2 aromatic rings. The third kappa shape index (κ3) is 2.43. The van der Waals surface area contributed by atoms with Crippen molar-refractivity contribution in [2.75, 3.05) is 13.6 Å². The van der Waals surface area contributed by atoms with Crippen molar-refractivity contribution in [1.29, 1.82) is 0 Å². The number of H-pyrrole nitrogens is 1. The van der Waals surface area contributed by atoms with E-state index in [1.165, 1.54) is 12.8 Å². The molecule has 1 heterocycles. The molecule has 19 heavy (non-hydrogen) atoms. The van der Waals surface area contributed by atoms with Gasteiger partial charge in [0.15, 0.2) is 5.78 Å². The van der Waals surface area contributed by atoms with Crippen LogP contribution in [0.5, 0.6) is 0 Å². The highest BCUT2D eigenvalue weighted by molar-refractivity contribution is 6.08. The van der Waals surface area contributed by atoms with Gasteiger partial charge in [-0.3, -0.25) is 9.69 Å². The molecule has 1 fully saturated rings. The SMILES string of the molecule is CC(C1CC1)N(C)CC(=O)c1c[nH]c2ccccc12. The number of carbonyl (C=O) groups excluding carboxylic acids is 1. The maximum Gasteiger partial charge on any atom is 0.178 e. The molecule has 0 saturated heterocycles. The lowest BCUT2D eigenvalue weighted by atomic mass is 10.1. The van der Waals surface area contributed by atoms with Gasteiger partial charge < -0.3 is 4.98 Å². The van der Waals surface area contributed by atoms with E-state index in [9.17, 15) is 4.79 Å². The van der Waals surface area contributed by atoms with Gasteiger partial charge in [-0.2, -0.15) is 0 Å². The minimum Gasteiger partial charge on any atom is -0.360 e. The van der Waals surface area contributed by atoms with Crippen molar-refractivity contribution in [1.82, 2.24) is 9.88 Å². The number of Topliss-reactive ketones (excluding diaryl/α,β-unsaturated/α-hetero) is 1. The predicted molar refractivity (Wildman–Crippen MR) is 77.4 cm³/mol. The zero-order valence-corrected chi connectivity index (χ0v) is 11.5. The van der Waals surface area contributed by atoms with Crippen LogP contribution in [0, 0.1) is 5.92 Å². The fourth-order valence-electron chi connectivity index (χ4n) is 2.70. The average Bonchev–Trinajstić information content (AvgIpc) is 3.16. The Morgan fingerprint density at radius 1 is 1.42 bits per heavy atom. The summed E-state index contributed by atoms with van der Waals surface area (Å²) in [5.74, 6) is 0.994. The number of hydrogen-bond donors (Lipinski definition) is 1. The van der Waals surface area contributed by atoms with E-state index in [-0.39, 0.29) is 5.78 Å². The Kier molecular flexibility index (Phi) is 3.15. The highest BCUT2D eigenvalue weighted by Gasteiger charge is 2.31. The van der Waals surface area contributed by atoms with Crippen LogP contribution >= 0.6 is 0 Å². The molecule has 3 nitrogen and oxygen atoms in total. The number of aromatic nitrogens is 1. The summed E-state index contributed by atoms with van der Waals surface area (Å²) in [6.07, 6.45) is 4.46. The highest BCUT2D eigenvalue weighted by Crippen LogP contribution is 2.34. The number of nitrogens with zero attached hydrogens (tertiary/aromatic N) is 1. The molecule has 3 rings (SSSR count). The molecule has 1 aliphatic rings. The Hall–Kier alpha value is -1.61. The van der Waals surface area contributed by atoms with Crippen LogP contribution in [0.15, 0.2) is 30.5 Å². The summed E-state index contributed by atoms with van der Waals surface area (Å²) in [4.78, 5) is 17.8. The second kappa shape index (κ2) is 4.82. The molecule has 0 spiro atoms. The number of para-hydroxylation sites is 1. The molecule has 0 amide bonds. The van der Waals surface area contributed by atoms with Crippen LogP contribution in [0.4, 0.5) is 0 Å². The summed E-state index contributed by atoms with van der Waals surface area (Å²) in [5, 5.41) is 1.03. The lowest BCUT2D eigenvalue weighted by Crippen LogP contribution is -2.35. The second-order valence-electron chi connectivity index (χ2n) is 5.66. The summed E-state index contributed by atoms with van der Waals surface area (Å²) >= 11 is 0. The monoisotopic (exact) mass is 256 g/mol. The first kappa shape index (κ1) is 12.4. The summed E-state index contributed by atoms with van der Waals surface area (Å²) < 4.78 is 0. The Labute approximate surface area is 113 Å². The van der Waals surface area contributed by atoms with E-state index in [0.29, 0.717) is 12.6 Å². The van der Waals surface area contributed by atoms with E-state index in [4.69, 9.17) is 0 Å². The highest BCUT2D eigenvalue weighted by atomic mass is 16.1. The van der Waals surface area contributed by atoms with Crippen molar-refractivity contribution < 1.29 is 4.79 Å². The first-order chi connectivity index (χ1) is 9.16. The fraction of sp³-hybridized carbons (Fsp3) is 0.438. The van der Waals surface area contributed by atoms with Gasteiger partial charge in [0.1, 0.15) is 0 Å². The Bertz CT molecular complexity index is 598. The molecule has 100 valence electrons. The second-order valence-corrected chi connectivity index (χ2v) is 5.66. The molecule has 0 aliphatic heterocycles. The Balaban J connectivity index is 1.76. The van der Waals surface area contributed by atoms with Crippen LogP contribution in [0.1, 0.15) is 30.1 Å². The van der Waals surface area contributed by atoms with Crippen molar-refractivity contribution >= 4 is 16.7 Å². The summed E-state index contributed by atoms with van der Waals surface area (Å²) in [6.45, 7) is 2.72. The van der Waals surface area contributed by atoms with Gasteiger partial charge in [-0.25, -0.2) is 0 Å². The quantitative estimate of drug-likeness (QED) is 0.835. The lowest BCUT2D eigenvalue weighted by molar-refractivity contribution is 0.0919. The van der Waals surface area contributed by atoms with E-state index in [2.05, 4.69) is 23.9 Å². The zero-order chi connectivity index (χ0) is 13.4. The zero-order valence-electron chi connectivity index (χ0n) is 11.5. The summed E-state index contributed by atoms with van der Waals surface area (Å²) in [6, 6.07) is 8.47. The van der Waals surface area contributed by atoms with Gasteiger partial charge in [0.25, 0.3) is 0 Å². The summed E-state index contributed by atoms with van der Waals surface area (Å²) in [5.41, 5.74) is 1.84. The molecule has 1 N–H and O–H groups in total. The van der Waals surface area contributed by atoms with Crippen LogP contribution < -0.4 is 0 Å². The van der Waals surface area contributed by atoms with Crippen molar-refractivity contribution in [3.05, 3.63) is 36.0 Å². The lowest BCUT2D eigenvalue weighted by Gasteiger charge is -2.23. The maximum absolute atomic E-state index is 12.4. The molecule has 1 atom stereocenters. The van der Waals surface area contributed by atoms with E-state index in [1.54, 1.807) is 0 Å². The van der Waals surface area contributed by atoms with Gasteiger partial charge in [-0.1, -0.05) is 18.2 Å². The third-order valence-corrected chi connectivity index (χ3v) is 4.28. The van der Waals surface area contributed by atoms with Crippen molar-refractivity contribution in [3.8, 4) is 0 Å². The van der Waals surface area contributed by atoms with Crippen molar-refractivity contribution in [3.63, 3.8) is 0 Å². The molecule has 1 aliphatic carbocycles. The third-order valence-electron chi connectivity index (χ3n) is 4.28. The van der Waals surface area contributed by atoms with Gasteiger partial charge >= 0.3 is 0 Å². The fourth-order valence-corrected chi connectivity index (χ4v) is 2.70. The van der Waals surface area contributed by atoms with Gasteiger partial charge in [-0.05, 0) is 38.8 Å². The van der Waals surface area contributed by atoms with E-state index >= 15 is 0 Å². The van der Waals surface area contributed by atoms with Gasteiger partial charge in [0, 0.05) is 28.7 Å². The molecular weight excluding hydrogens is 236 g/mol. The number of carbonyl (C=O) groups is 1. The minimum absolute atomic E-state index is 0.201. The number of ketones is 1. The standard InChI is InChI=1S/C16H20N2O/c1-11(12-7-8-12)18(2)10-16(19)14-9-17-15-6-4-3-5-13(14)15/h3-6,9,11-12,17H,7-8,10H2,1-2H3. The first-order valence-electron chi connectivity index (χ1n) is 6.96. The number of likely N-dealkylation sites (N-methyl/N-ethyl adjacent to an activating group) is 1. The van der Waals surface area contributed by atoms with Gasteiger partial charge in [0.2, 0.25) is 0 Å². The molecule has 0 bridgehead atoms. The molecule has 3 heteroatoms. The van der Waals surface area contributed by atoms with Crippen LogP contribution in [-0.2, 0) is 0 Å². The van der Waals surface area contributed by atoms with Gasteiger partial charge in [0.05, 0.1) is 6.54 Å². The van der Waals surface area contributed by atoms with E-state index < -0.39 is 0 Å². The van der Waals surface area contributed by atoms with E-state index in [1.807, 2.05) is 30.5 Å². The first-order valence-corrected chi connectivity index (χ1v) is 6.96. The average molecular weight is 256 g/mol. The number of aromatic amines is 1. The van der Waals surface area contributed by atoms with E-state index in [0.717, 1.165) is 22.4 Å². The number of nitrogens with one attached hydrogen (secondary N) is 1. The molecule has 1 aromatic heterocycles. The van der Waals surface area contributed by atoms with Gasteiger partial charge in [-0.15, -0.1) is 0 Å². The number of fused-ring (bicyclic) bond motifs is 1. The smallest absolute Gasteiger partial charge is 0.178 e. The molecule has 1 unspecified atom stereocenters. The maximum atomic E-state index is 12.4. The van der Waals surface area contributed by atoms with Crippen molar-refractivity contribution in [2.24, 2.45) is 5.92 Å². The molecule has 0 radical (unpaired) electrons. The van der Waals surface area contributed by atoms with Crippen LogP contribution in [0.3, 0.4) is 0 Å². The van der Waals surface area contributed by atoms with Crippen LogP contribution in [0.2, 0.25) is 0 Å². The summed E-state index contributed by atoms with van der Waals surface area (Å²) in [7, 11) is 2.05. The number of hydrogen-bond acceptors (Lipinski definition) is 2. The molecule has 1 saturated carbocycles. The van der Waals surface area contributed by atoms with Crippen molar-refractivity contribution in [2.45, 2.75) is 25.8 Å². The topological polar surface area (TPSA) is 36.1 Å². The molecule has 1 aromatic carbocycles. The normalized spacial score (nSPS) is 17.0. The van der Waals surface area contributed by atoms with Crippen LogP contribution in [-0.4, -0.2) is 35.3 Å². The predicted octanol–water partition coefficient (Wildman–Crippen LogP) is 3.08. The largest absolute Gasteiger partial charge is 0.360 e. The number of benzene rings is 1. The molecular formula is C16H20N2O. The Morgan fingerprint density at radius 3 is 2.89 bits per heavy atom. The van der Waals surface area contributed by atoms with Crippen LogP contribution in [0.25, 0.3) is 10.9 Å². The minimum atomic E-state index is 0.201.